The first-order valence-electron chi connectivity index (χ1n) is 13.8. The van der Waals surface area contributed by atoms with E-state index in [1.807, 2.05) is 0 Å². The summed E-state index contributed by atoms with van der Waals surface area (Å²) in [7, 11) is 2.62. The second kappa shape index (κ2) is 9.94. The molecule has 0 aromatic heterocycles. The first-order valence-corrected chi connectivity index (χ1v) is 7.30. The van der Waals surface area contributed by atoms with Crippen molar-refractivity contribution >= 4 is 0 Å². The van der Waals surface area contributed by atoms with E-state index < -0.39 is 68.1 Å². The Balaban J connectivity index is 2.48. The van der Waals surface area contributed by atoms with Crippen molar-refractivity contribution in [1.29, 1.82) is 0 Å². The van der Waals surface area contributed by atoms with Crippen molar-refractivity contribution in [3.8, 4) is 17.2 Å². The van der Waals surface area contributed by atoms with Crippen LogP contribution in [0, 0.1) is 6.92 Å². The Kier molecular flexibility index (Phi) is 3.18. The zero-order valence-corrected chi connectivity index (χ0v) is 14.1. The first kappa shape index (κ1) is 8.00. The van der Waals surface area contributed by atoms with Gasteiger partial charge in [-0.25, -0.2) is 0 Å². The van der Waals surface area contributed by atoms with Crippen LogP contribution in [0.15, 0.2) is 42.4 Å². The predicted octanol–water partition coefficient (Wildman–Crippen LogP) is 4.16. The highest BCUT2D eigenvalue weighted by molar-refractivity contribution is 5.42. The number of hydrogen-bond acceptors (Lipinski definition) is 4. The molecule has 0 aliphatic rings. The standard InChI is InChI=1S/C21H28O4/c1-16-7-6-10-19(13-16)25-15-18(22)9-5-4-8-17-11-12-20(23-2)21(14-17)24-3/h6-7,10-14,18,22H,4-5,8-9,15H2,1-3H3/i4D2,6D,7D,8D2,9D2,10D,13D,15D2,18D. The second-order valence-corrected chi connectivity index (χ2v) is 4.73. The van der Waals surface area contributed by atoms with Crippen LogP contribution in [0.3, 0.4) is 0 Å². The minimum absolute atomic E-state index is 0.0644. The Bertz CT molecular complexity index is 1170. The predicted molar refractivity (Wildman–Crippen MR) is 99.8 cm³/mol. The summed E-state index contributed by atoms with van der Waals surface area (Å²) in [5, 5.41) is 10.7. The van der Waals surface area contributed by atoms with E-state index in [1.54, 1.807) is 0 Å². The molecular weight excluding hydrogens is 316 g/mol. The Hall–Kier alpha value is -2.20. The zero-order chi connectivity index (χ0) is 29.6. The van der Waals surface area contributed by atoms with Crippen molar-refractivity contribution in [3.63, 3.8) is 0 Å². The van der Waals surface area contributed by atoms with Gasteiger partial charge in [-0.2, -0.15) is 0 Å². The summed E-state index contributed by atoms with van der Waals surface area (Å²) in [4.78, 5) is 0. The fraction of sp³-hybridized carbons (Fsp3) is 0.429. The number of aliphatic hydroxyl groups is 1. The average molecular weight is 358 g/mol. The van der Waals surface area contributed by atoms with Crippen molar-refractivity contribution in [1.82, 2.24) is 0 Å². The number of methoxy groups -OCH3 is 2. The summed E-state index contributed by atoms with van der Waals surface area (Å²) in [6, 6.07) is 0.847. The van der Waals surface area contributed by atoms with Crippen molar-refractivity contribution in [2.45, 2.75) is 38.5 Å². The van der Waals surface area contributed by atoms with E-state index in [2.05, 4.69) is 0 Å². The van der Waals surface area contributed by atoms with E-state index in [-0.39, 0.29) is 22.6 Å². The van der Waals surface area contributed by atoms with Gasteiger partial charge in [-0.15, -0.1) is 0 Å². The molecule has 0 aliphatic heterocycles. The Morgan fingerprint density at radius 2 is 2.04 bits per heavy atom. The minimum atomic E-state index is -3.91. The molecule has 0 saturated carbocycles. The molecule has 0 amide bonds. The third-order valence-corrected chi connectivity index (χ3v) is 2.94. The van der Waals surface area contributed by atoms with E-state index in [4.69, 9.17) is 32.0 Å². The van der Waals surface area contributed by atoms with Crippen molar-refractivity contribution in [3.05, 3.63) is 53.5 Å². The molecule has 0 fully saturated rings. The molecule has 1 N–H and O–H groups in total. The van der Waals surface area contributed by atoms with E-state index in [9.17, 15) is 5.11 Å². The monoisotopic (exact) mass is 357 g/mol. The Morgan fingerprint density at radius 3 is 2.80 bits per heavy atom. The largest absolute Gasteiger partial charge is 0.493 e. The lowest BCUT2D eigenvalue weighted by atomic mass is 10.0. The summed E-state index contributed by atoms with van der Waals surface area (Å²) in [5.74, 6) is -0.630. The fourth-order valence-electron chi connectivity index (χ4n) is 1.79. The molecule has 2 rings (SSSR count). The number of ether oxygens (including phenoxy) is 3. The molecule has 136 valence electrons. The second-order valence-electron chi connectivity index (χ2n) is 4.73. The maximum Gasteiger partial charge on any atom is 0.160 e. The van der Waals surface area contributed by atoms with Crippen LogP contribution in [-0.4, -0.2) is 32.0 Å². The molecule has 4 heteroatoms. The molecule has 1 unspecified atom stereocenters. The average Bonchev–Trinajstić information content (AvgIpc) is 2.82. The molecule has 0 aliphatic carbocycles. The normalized spacial score (nSPS) is 23.0. The Labute approximate surface area is 168 Å². The fourth-order valence-corrected chi connectivity index (χ4v) is 1.79. The topological polar surface area (TPSA) is 47.9 Å². The quantitative estimate of drug-likeness (QED) is 0.693. The van der Waals surface area contributed by atoms with Gasteiger partial charge in [0.1, 0.15) is 12.3 Å². The van der Waals surface area contributed by atoms with E-state index in [1.165, 1.54) is 33.3 Å². The van der Waals surface area contributed by atoms with Crippen LogP contribution in [-0.2, 0) is 6.37 Å². The third kappa shape index (κ3) is 6.31. The van der Waals surface area contributed by atoms with Crippen molar-refractivity contribution in [2.75, 3.05) is 20.8 Å². The summed E-state index contributed by atoms with van der Waals surface area (Å²) in [6.45, 7) is -2.49. The molecule has 0 spiro atoms. The molecule has 0 bridgehead atoms. The summed E-state index contributed by atoms with van der Waals surface area (Å²) < 4.78 is 121. The molecule has 4 nitrogen and oxygen atoms in total. The number of aryl methyl sites for hydroxylation is 1. The summed E-state index contributed by atoms with van der Waals surface area (Å²) >= 11 is 0. The lowest BCUT2D eigenvalue weighted by Gasteiger charge is -2.13. The van der Waals surface area contributed by atoms with Crippen LogP contribution in [0.4, 0.5) is 0 Å². The van der Waals surface area contributed by atoms with Gasteiger partial charge >= 0.3 is 0 Å². The highest BCUT2D eigenvalue weighted by Gasteiger charge is 2.07. The summed E-state index contributed by atoms with van der Waals surface area (Å²) in [6.07, 6.45) is -15.0. The number of hydrogen-bond donors (Lipinski definition) is 1. The van der Waals surface area contributed by atoms with Gasteiger partial charge in [0.2, 0.25) is 0 Å². The summed E-state index contributed by atoms with van der Waals surface area (Å²) in [5.41, 5.74) is -0.442. The Morgan fingerprint density at radius 1 is 1.24 bits per heavy atom. The van der Waals surface area contributed by atoms with Crippen molar-refractivity contribution in [2.24, 2.45) is 0 Å². The van der Waals surface area contributed by atoms with Gasteiger partial charge in [0, 0.05) is 8.22 Å². The lowest BCUT2D eigenvalue weighted by Crippen LogP contribution is -2.17. The molecule has 25 heavy (non-hydrogen) atoms. The highest BCUT2D eigenvalue weighted by Crippen LogP contribution is 2.28. The van der Waals surface area contributed by atoms with Crippen LogP contribution in [0.5, 0.6) is 17.2 Å². The van der Waals surface area contributed by atoms with Gasteiger partial charge in [-0.3, -0.25) is 0 Å². The molecular formula is C21H28O4. The van der Waals surface area contributed by atoms with Crippen molar-refractivity contribution < 1.29 is 37.1 Å². The van der Waals surface area contributed by atoms with Gasteiger partial charge in [-0.1, -0.05) is 24.6 Å². The third-order valence-electron chi connectivity index (χ3n) is 2.94. The van der Waals surface area contributed by atoms with Crippen LogP contribution in [0.2, 0.25) is 0 Å². The first-order chi connectivity index (χ1) is 17.1. The van der Waals surface area contributed by atoms with Gasteiger partial charge in [0.15, 0.2) is 11.5 Å². The van der Waals surface area contributed by atoms with Gasteiger partial charge in [0.05, 0.1) is 29.9 Å². The van der Waals surface area contributed by atoms with Crippen LogP contribution < -0.4 is 14.2 Å². The van der Waals surface area contributed by atoms with Crippen LogP contribution in [0.1, 0.15) is 48.1 Å². The van der Waals surface area contributed by atoms with E-state index >= 15 is 0 Å². The number of benzene rings is 2. The van der Waals surface area contributed by atoms with Gasteiger partial charge in [-0.05, 0) is 61.4 Å². The van der Waals surface area contributed by atoms with Crippen LogP contribution in [0.25, 0.3) is 0 Å². The van der Waals surface area contributed by atoms with E-state index in [0.29, 0.717) is 0 Å². The highest BCUT2D eigenvalue weighted by atomic mass is 16.5. The van der Waals surface area contributed by atoms with Gasteiger partial charge in [0.25, 0.3) is 0 Å². The zero-order valence-electron chi connectivity index (χ0n) is 27.1. The van der Waals surface area contributed by atoms with E-state index in [0.717, 1.165) is 6.07 Å². The maximum atomic E-state index is 10.7. The molecule has 1 atom stereocenters. The SMILES string of the molecule is [2H]c1c([2H])c(C)c([2H])c(OC([2H])([2H])C([2H])(O)C([2H])([2H])CC([2H])([2H])C([2H])([2H])c2ccc(OC)c(OC)c2)c1[2H]. The molecule has 2 aromatic rings. The lowest BCUT2D eigenvalue weighted by molar-refractivity contribution is 0.0976. The van der Waals surface area contributed by atoms with Gasteiger partial charge < -0.3 is 19.3 Å². The smallest absolute Gasteiger partial charge is 0.160 e. The minimum Gasteiger partial charge on any atom is -0.493 e. The van der Waals surface area contributed by atoms with Crippen LogP contribution >= 0.6 is 0 Å². The number of rotatable bonds is 10. The molecule has 0 saturated heterocycles. The molecule has 0 radical (unpaired) electrons. The molecule has 2 aromatic carbocycles. The molecule has 0 heterocycles. The maximum absolute atomic E-state index is 10.7.